The van der Waals surface area contributed by atoms with E-state index in [9.17, 15) is 22.8 Å². The Bertz CT molecular complexity index is 1200. The highest BCUT2D eigenvalue weighted by molar-refractivity contribution is 7.07. The van der Waals surface area contributed by atoms with Gasteiger partial charge in [-0.2, -0.15) is 13.2 Å². The van der Waals surface area contributed by atoms with Gasteiger partial charge in [-0.15, -0.1) is 11.3 Å². The number of benzene rings is 2. The van der Waals surface area contributed by atoms with Crippen LogP contribution >= 0.6 is 11.3 Å². The Labute approximate surface area is 162 Å². The maximum Gasteiger partial charge on any atom is 0.416 e. The number of alkyl halides is 3. The first-order valence-electron chi connectivity index (χ1n) is 8.33. The molecule has 0 aliphatic carbocycles. The molecule has 1 aromatic heterocycles. The molecule has 0 radical (unpaired) electrons. The number of aryl methyl sites for hydroxylation is 1. The average Bonchev–Trinajstić information content (AvgIpc) is 2.89. The number of hydrogen-bond acceptors (Lipinski definition) is 3. The predicted molar refractivity (Wildman–Crippen MR) is 104 cm³/mol. The summed E-state index contributed by atoms with van der Waals surface area (Å²) in [5.41, 5.74) is 0.803. The van der Waals surface area contributed by atoms with Gasteiger partial charge in [-0.3, -0.25) is 9.59 Å². The van der Waals surface area contributed by atoms with E-state index < -0.39 is 11.7 Å². The van der Waals surface area contributed by atoms with Crippen LogP contribution in [0.25, 0.3) is 12.2 Å². The van der Waals surface area contributed by atoms with E-state index in [-0.39, 0.29) is 11.3 Å². The van der Waals surface area contributed by atoms with Gasteiger partial charge in [0.25, 0.3) is 5.56 Å². The van der Waals surface area contributed by atoms with Crippen LogP contribution in [-0.2, 0) is 13.2 Å². The number of ketones is 1. The van der Waals surface area contributed by atoms with Crippen molar-refractivity contribution in [1.82, 2.24) is 4.57 Å². The van der Waals surface area contributed by atoms with Crippen LogP contribution in [0.3, 0.4) is 0 Å². The van der Waals surface area contributed by atoms with E-state index in [1.54, 1.807) is 19.2 Å². The zero-order valence-electron chi connectivity index (χ0n) is 15.1. The van der Waals surface area contributed by atoms with Crippen LogP contribution in [-0.4, -0.2) is 10.4 Å². The fourth-order valence-electron chi connectivity index (χ4n) is 2.67. The summed E-state index contributed by atoms with van der Waals surface area (Å²) in [6, 6.07) is 11.7. The van der Waals surface area contributed by atoms with Gasteiger partial charge in [0.15, 0.2) is 5.78 Å². The van der Waals surface area contributed by atoms with E-state index in [4.69, 9.17) is 0 Å². The molecule has 0 aliphatic heterocycles. The highest BCUT2D eigenvalue weighted by atomic mass is 32.1. The fraction of sp³-hybridized carbons (Fsp3) is 0.143. The first kappa shape index (κ1) is 19.8. The Hall–Kier alpha value is -2.93. The van der Waals surface area contributed by atoms with Gasteiger partial charge in [-0.25, -0.2) is 0 Å². The number of aromatic nitrogens is 1. The third-order valence-corrected chi connectivity index (χ3v) is 5.37. The highest BCUT2D eigenvalue weighted by Gasteiger charge is 2.29. The van der Waals surface area contributed by atoms with E-state index >= 15 is 0 Å². The second kappa shape index (κ2) is 7.59. The lowest BCUT2D eigenvalue weighted by molar-refractivity contribution is -0.137. The number of carbonyl (C=O) groups is 1. The van der Waals surface area contributed by atoms with Crippen molar-refractivity contribution >= 4 is 29.3 Å². The van der Waals surface area contributed by atoms with Gasteiger partial charge in [0.1, 0.15) is 4.66 Å². The van der Waals surface area contributed by atoms with Crippen LogP contribution in [0.2, 0.25) is 0 Å². The minimum atomic E-state index is -4.41. The van der Waals surface area contributed by atoms with Gasteiger partial charge in [0.2, 0.25) is 0 Å². The van der Waals surface area contributed by atoms with Crippen molar-refractivity contribution in [1.29, 1.82) is 0 Å². The van der Waals surface area contributed by atoms with Crippen molar-refractivity contribution in [2.75, 3.05) is 0 Å². The summed E-state index contributed by atoms with van der Waals surface area (Å²) in [6.45, 7) is 1.83. The molecule has 7 heteroatoms. The molecule has 0 aliphatic rings. The Balaban J connectivity index is 2.02. The number of carbonyl (C=O) groups excluding carboxylic acids is 1. The van der Waals surface area contributed by atoms with Gasteiger partial charge < -0.3 is 4.57 Å². The van der Waals surface area contributed by atoms with E-state index in [0.29, 0.717) is 20.3 Å². The normalized spacial score (nSPS) is 13.2. The molecule has 0 atom stereocenters. The molecule has 0 N–H and O–H groups in total. The third kappa shape index (κ3) is 4.14. The molecule has 3 rings (SSSR count). The fourth-order valence-corrected chi connectivity index (χ4v) is 3.70. The molecule has 0 unspecified atom stereocenters. The largest absolute Gasteiger partial charge is 0.416 e. The van der Waals surface area contributed by atoms with Crippen LogP contribution in [0, 0.1) is 6.92 Å². The van der Waals surface area contributed by atoms with Crippen LogP contribution in [0.5, 0.6) is 0 Å². The summed E-state index contributed by atoms with van der Waals surface area (Å²) in [4.78, 5) is 25.0. The van der Waals surface area contributed by atoms with Gasteiger partial charge >= 0.3 is 6.18 Å². The monoisotopic (exact) mass is 403 g/mol. The molecule has 0 spiro atoms. The Morgan fingerprint density at radius 2 is 1.71 bits per heavy atom. The van der Waals surface area contributed by atoms with Crippen molar-refractivity contribution < 1.29 is 18.0 Å². The summed E-state index contributed by atoms with van der Waals surface area (Å²) in [5.74, 6) is -0.212. The molecule has 144 valence electrons. The summed E-state index contributed by atoms with van der Waals surface area (Å²) in [5, 5.41) is 0. The number of thiazole rings is 1. The number of nitrogens with zero attached hydrogens (tertiary/aromatic N) is 1. The van der Waals surface area contributed by atoms with Crippen molar-refractivity contribution in [3.05, 3.63) is 90.3 Å². The molecule has 0 saturated heterocycles. The van der Waals surface area contributed by atoms with E-state index in [1.807, 2.05) is 19.1 Å². The predicted octanol–water partition coefficient (Wildman–Crippen LogP) is 3.27. The Morgan fingerprint density at radius 1 is 1.07 bits per heavy atom. The molecule has 1 heterocycles. The van der Waals surface area contributed by atoms with E-state index in [2.05, 4.69) is 0 Å². The lowest BCUT2D eigenvalue weighted by Crippen LogP contribution is -2.29. The average molecular weight is 403 g/mol. The third-order valence-electron chi connectivity index (χ3n) is 4.26. The van der Waals surface area contributed by atoms with Gasteiger partial charge in [-0.1, -0.05) is 36.4 Å². The second-order valence-corrected chi connectivity index (χ2v) is 7.32. The number of Topliss-reactive ketones (excluding diaryl/α,β-unsaturated/α-hetero) is 1. The molecule has 0 bridgehead atoms. The second-order valence-electron chi connectivity index (χ2n) is 6.26. The maximum atomic E-state index is 12.7. The van der Waals surface area contributed by atoms with Gasteiger partial charge in [0, 0.05) is 18.7 Å². The number of halogens is 3. The Kier molecular flexibility index (Phi) is 5.38. The van der Waals surface area contributed by atoms with Crippen molar-refractivity contribution in [3.8, 4) is 0 Å². The topological polar surface area (TPSA) is 39.1 Å². The summed E-state index contributed by atoms with van der Waals surface area (Å²) in [7, 11) is 1.56. The molecule has 2 aromatic carbocycles. The SMILES string of the molecule is Cc1ccccc1C(=O)/C=c1\s/c(=C\c2ccc(C(F)(F)F)cc2)c(=O)n1C. The zero-order chi connectivity index (χ0) is 20.5. The smallest absolute Gasteiger partial charge is 0.302 e. The first-order chi connectivity index (χ1) is 13.2. The lowest BCUT2D eigenvalue weighted by atomic mass is 10.1. The molecule has 28 heavy (non-hydrogen) atoms. The zero-order valence-corrected chi connectivity index (χ0v) is 15.9. The van der Waals surface area contributed by atoms with Gasteiger partial charge in [-0.05, 0) is 36.3 Å². The minimum absolute atomic E-state index is 0.212. The van der Waals surface area contributed by atoms with Crippen LogP contribution in [0.15, 0.2) is 53.3 Å². The van der Waals surface area contributed by atoms with Crippen molar-refractivity contribution in [3.63, 3.8) is 0 Å². The quantitative estimate of drug-likeness (QED) is 0.630. The van der Waals surface area contributed by atoms with E-state index in [0.717, 1.165) is 29.0 Å². The summed E-state index contributed by atoms with van der Waals surface area (Å²) < 4.78 is 40.1. The highest BCUT2D eigenvalue weighted by Crippen LogP contribution is 2.29. The molecule has 0 fully saturated rings. The van der Waals surface area contributed by atoms with Gasteiger partial charge in [0.05, 0.1) is 10.1 Å². The summed E-state index contributed by atoms with van der Waals surface area (Å²) in [6.07, 6.45) is -1.49. The molecule has 3 aromatic rings. The standard InChI is InChI=1S/C21H16F3NO2S/c1-13-5-3-4-6-16(13)17(26)12-19-25(2)20(27)18(28-19)11-14-7-9-15(10-8-14)21(22,23)24/h3-12H,1-2H3/b18-11-,19-12-. The van der Waals surface area contributed by atoms with Crippen molar-refractivity contribution in [2.24, 2.45) is 7.05 Å². The van der Waals surface area contributed by atoms with E-state index in [1.165, 1.54) is 28.9 Å². The van der Waals surface area contributed by atoms with Crippen molar-refractivity contribution in [2.45, 2.75) is 13.1 Å². The molecule has 3 nitrogen and oxygen atoms in total. The molecule has 0 amide bonds. The number of rotatable bonds is 3. The number of hydrogen-bond donors (Lipinski definition) is 0. The molecule has 0 saturated carbocycles. The summed E-state index contributed by atoms with van der Waals surface area (Å²) >= 11 is 1.12. The molecular formula is C21H16F3NO2S. The lowest BCUT2D eigenvalue weighted by Gasteiger charge is -2.05. The van der Waals surface area contributed by atoms with Crippen LogP contribution in [0.1, 0.15) is 27.0 Å². The maximum absolute atomic E-state index is 12.7. The molecular weight excluding hydrogens is 387 g/mol. The Morgan fingerprint density at radius 3 is 2.32 bits per heavy atom. The van der Waals surface area contributed by atoms with Crippen LogP contribution < -0.4 is 14.8 Å². The minimum Gasteiger partial charge on any atom is -0.302 e. The first-order valence-corrected chi connectivity index (χ1v) is 9.15. The van der Waals surface area contributed by atoms with Crippen LogP contribution in [0.4, 0.5) is 13.2 Å².